The molecule has 4 rings (SSSR count). The van der Waals surface area contributed by atoms with Crippen molar-refractivity contribution in [3.05, 3.63) is 47.8 Å². The van der Waals surface area contributed by atoms with Crippen LogP contribution in [-0.2, 0) is 9.53 Å². The Bertz CT molecular complexity index is 858. The third kappa shape index (κ3) is 3.42. The van der Waals surface area contributed by atoms with Crippen LogP contribution in [0.1, 0.15) is 24.1 Å². The van der Waals surface area contributed by atoms with Gasteiger partial charge in [-0.25, -0.2) is 9.97 Å². The zero-order chi connectivity index (χ0) is 19.7. The molecule has 2 saturated heterocycles. The fourth-order valence-electron chi connectivity index (χ4n) is 4.61. The van der Waals surface area contributed by atoms with Crippen LogP contribution in [0, 0.1) is 18.8 Å². The largest absolute Gasteiger partial charge is 0.384 e. The van der Waals surface area contributed by atoms with Gasteiger partial charge in [0.05, 0.1) is 6.04 Å². The topological polar surface area (TPSA) is 84.6 Å². The summed E-state index contributed by atoms with van der Waals surface area (Å²) in [7, 11) is 0. The van der Waals surface area contributed by atoms with Crippen molar-refractivity contribution in [2.75, 3.05) is 43.5 Å². The summed E-state index contributed by atoms with van der Waals surface area (Å²) >= 11 is 0. The minimum atomic E-state index is 0.0586. The molecule has 2 aliphatic heterocycles. The Morgan fingerprint density at radius 1 is 1.25 bits per heavy atom. The molecule has 1 amide bonds. The quantitative estimate of drug-likeness (QED) is 0.853. The lowest BCUT2D eigenvalue weighted by Crippen LogP contribution is -2.38. The van der Waals surface area contributed by atoms with Crippen molar-refractivity contribution in [2.24, 2.45) is 11.8 Å². The minimum absolute atomic E-state index is 0.0586. The first-order valence-corrected chi connectivity index (χ1v) is 9.83. The number of carbonyl (C=O) groups is 1. The number of amides is 1. The van der Waals surface area contributed by atoms with Gasteiger partial charge in [-0.3, -0.25) is 4.79 Å². The second-order valence-electron chi connectivity index (χ2n) is 7.61. The van der Waals surface area contributed by atoms with E-state index in [1.807, 2.05) is 24.0 Å². The number of nitrogens with two attached hydrogens (primary N) is 1. The molecule has 2 aliphatic rings. The highest BCUT2D eigenvalue weighted by Gasteiger charge is 2.49. The van der Waals surface area contributed by atoms with Gasteiger partial charge in [0.15, 0.2) is 0 Å². The highest BCUT2D eigenvalue weighted by Crippen LogP contribution is 2.46. The molecule has 7 heteroatoms. The number of nitrogens with zero attached hydrogens (tertiary/aromatic N) is 4. The molecule has 0 aliphatic carbocycles. The van der Waals surface area contributed by atoms with Crippen LogP contribution in [0.3, 0.4) is 0 Å². The van der Waals surface area contributed by atoms with Crippen molar-refractivity contribution >= 4 is 17.5 Å². The Kier molecular flexibility index (Phi) is 5.17. The van der Waals surface area contributed by atoms with Crippen LogP contribution in [0.4, 0.5) is 11.6 Å². The summed E-state index contributed by atoms with van der Waals surface area (Å²) in [4.78, 5) is 25.6. The van der Waals surface area contributed by atoms with Crippen molar-refractivity contribution in [1.82, 2.24) is 14.9 Å². The van der Waals surface area contributed by atoms with Gasteiger partial charge in [0, 0.05) is 44.1 Å². The van der Waals surface area contributed by atoms with Crippen LogP contribution >= 0.6 is 0 Å². The number of likely N-dealkylation sites (tertiary alicyclic amines) is 1. The molecule has 0 spiro atoms. The summed E-state index contributed by atoms with van der Waals surface area (Å²) in [5.74, 6) is 2.15. The van der Waals surface area contributed by atoms with Crippen LogP contribution < -0.4 is 10.6 Å². The summed E-state index contributed by atoms with van der Waals surface area (Å²) in [5, 5.41) is 0. The number of aromatic nitrogens is 2. The second-order valence-corrected chi connectivity index (χ2v) is 7.61. The SMILES string of the molecule is CCOCC(=O)N1C[C@@H]2CN(c3cc(N)ncn3)C[C@@H]2[C@@H]1c1ccccc1C. The molecular formula is C21H27N5O2. The number of aryl methyl sites for hydroxylation is 1. The molecule has 2 N–H and O–H groups in total. The van der Waals surface area contributed by atoms with Crippen molar-refractivity contribution in [3.8, 4) is 0 Å². The van der Waals surface area contributed by atoms with Gasteiger partial charge in [-0.2, -0.15) is 0 Å². The van der Waals surface area contributed by atoms with Crippen LogP contribution in [0.5, 0.6) is 0 Å². The normalized spacial score (nSPS) is 23.9. The van der Waals surface area contributed by atoms with Crippen LogP contribution in [0.15, 0.2) is 36.7 Å². The van der Waals surface area contributed by atoms with Crippen LogP contribution in [-0.4, -0.2) is 53.6 Å². The zero-order valence-corrected chi connectivity index (χ0v) is 16.4. The Labute approximate surface area is 165 Å². The number of hydrogen-bond acceptors (Lipinski definition) is 6. The molecule has 0 unspecified atom stereocenters. The summed E-state index contributed by atoms with van der Waals surface area (Å²) < 4.78 is 5.42. The number of rotatable bonds is 5. The van der Waals surface area contributed by atoms with E-state index in [2.05, 4.69) is 40.0 Å². The lowest BCUT2D eigenvalue weighted by Gasteiger charge is -2.31. The predicted molar refractivity (Wildman–Crippen MR) is 108 cm³/mol. The monoisotopic (exact) mass is 381 g/mol. The third-order valence-electron chi connectivity index (χ3n) is 5.92. The molecule has 2 fully saturated rings. The molecule has 2 aromatic rings. The van der Waals surface area contributed by atoms with E-state index in [0.717, 1.165) is 25.5 Å². The van der Waals surface area contributed by atoms with Crippen molar-refractivity contribution < 1.29 is 9.53 Å². The summed E-state index contributed by atoms with van der Waals surface area (Å²) in [5.41, 5.74) is 8.28. The molecule has 3 heterocycles. The first-order chi connectivity index (χ1) is 13.6. The molecular weight excluding hydrogens is 354 g/mol. The fraction of sp³-hybridized carbons (Fsp3) is 0.476. The van der Waals surface area contributed by atoms with E-state index in [0.29, 0.717) is 24.3 Å². The number of benzene rings is 1. The summed E-state index contributed by atoms with van der Waals surface area (Å²) in [6.07, 6.45) is 1.51. The lowest BCUT2D eigenvalue weighted by atomic mass is 9.87. The van der Waals surface area contributed by atoms with Crippen molar-refractivity contribution in [3.63, 3.8) is 0 Å². The molecule has 7 nitrogen and oxygen atoms in total. The van der Waals surface area contributed by atoms with Crippen molar-refractivity contribution in [2.45, 2.75) is 19.9 Å². The number of ether oxygens (including phenoxy) is 1. The van der Waals surface area contributed by atoms with Gasteiger partial charge in [0.25, 0.3) is 0 Å². The molecule has 1 aromatic heterocycles. The molecule has 0 bridgehead atoms. The molecule has 0 saturated carbocycles. The lowest BCUT2D eigenvalue weighted by molar-refractivity contribution is -0.137. The fourth-order valence-corrected chi connectivity index (χ4v) is 4.61. The predicted octanol–water partition coefficient (Wildman–Crippen LogP) is 2.04. The van der Waals surface area contributed by atoms with E-state index in [1.165, 1.54) is 17.5 Å². The average molecular weight is 381 g/mol. The smallest absolute Gasteiger partial charge is 0.249 e. The Morgan fingerprint density at radius 3 is 2.82 bits per heavy atom. The standard InChI is InChI=1S/C21H27N5O2/c1-3-28-12-20(27)26-10-15-9-25(19-8-18(22)23-13-24-19)11-17(15)21(26)16-7-5-4-6-14(16)2/h4-8,13,15,17,21H,3,9-12H2,1-2H3,(H2,22,23,24)/t15-,17-,21-/m0/s1. The van der Waals surface area contributed by atoms with Crippen molar-refractivity contribution in [1.29, 1.82) is 0 Å². The van der Waals surface area contributed by atoms with E-state index in [-0.39, 0.29) is 18.6 Å². The minimum Gasteiger partial charge on any atom is -0.384 e. The highest BCUT2D eigenvalue weighted by atomic mass is 16.5. The van der Waals surface area contributed by atoms with Gasteiger partial charge in [-0.15, -0.1) is 0 Å². The van der Waals surface area contributed by atoms with Gasteiger partial charge in [-0.1, -0.05) is 24.3 Å². The maximum absolute atomic E-state index is 12.9. The first-order valence-electron chi connectivity index (χ1n) is 9.83. The molecule has 1 aromatic carbocycles. The van der Waals surface area contributed by atoms with Crippen LogP contribution in [0.2, 0.25) is 0 Å². The van der Waals surface area contributed by atoms with E-state index in [4.69, 9.17) is 10.5 Å². The Morgan fingerprint density at radius 2 is 2.07 bits per heavy atom. The maximum Gasteiger partial charge on any atom is 0.249 e. The summed E-state index contributed by atoms with van der Waals surface area (Å²) in [6.45, 7) is 7.17. The number of hydrogen-bond donors (Lipinski definition) is 1. The number of fused-ring (bicyclic) bond motifs is 1. The van der Waals surface area contributed by atoms with Gasteiger partial charge in [0.1, 0.15) is 24.6 Å². The number of nitrogen functional groups attached to an aromatic ring is 1. The molecule has 0 radical (unpaired) electrons. The van der Waals surface area contributed by atoms with E-state index < -0.39 is 0 Å². The van der Waals surface area contributed by atoms with E-state index >= 15 is 0 Å². The number of anilines is 2. The summed E-state index contributed by atoms with van der Waals surface area (Å²) in [6, 6.07) is 10.2. The zero-order valence-electron chi connectivity index (χ0n) is 16.4. The molecule has 3 atom stereocenters. The van der Waals surface area contributed by atoms with Crippen LogP contribution in [0.25, 0.3) is 0 Å². The van der Waals surface area contributed by atoms with Gasteiger partial charge < -0.3 is 20.3 Å². The maximum atomic E-state index is 12.9. The van der Waals surface area contributed by atoms with E-state index in [1.54, 1.807) is 0 Å². The van der Waals surface area contributed by atoms with Gasteiger partial charge in [0.2, 0.25) is 5.91 Å². The Hall–Kier alpha value is -2.67. The second kappa shape index (κ2) is 7.75. The van der Waals surface area contributed by atoms with E-state index in [9.17, 15) is 4.79 Å². The number of carbonyl (C=O) groups excluding carboxylic acids is 1. The average Bonchev–Trinajstić information content (AvgIpc) is 3.25. The molecule has 148 valence electrons. The first kappa shape index (κ1) is 18.7. The Balaban J connectivity index is 1.62. The van der Waals surface area contributed by atoms with Gasteiger partial charge in [-0.05, 0) is 25.0 Å². The van der Waals surface area contributed by atoms with Gasteiger partial charge >= 0.3 is 0 Å². The molecule has 28 heavy (non-hydrogen) atoms. The third-order valence-corrected chi connectivity index (χ3v) is 5.92. The highest BCUT2D eigenvalue weighted by molar-refractivity contribution is 5.78.